The third-order valence-corrected chi connectivity index (χ3v) is 12.0. The fraction of sp³-hybridized carbons (Fsp3) is 0.487. The molecule has 1 fully saturated rings. The number of hydrogen-bond acceptors (Lipinski definition) is 14. The molecule has 1 unspecified atom stereocenters. The Morgan fingerprint density at radius 1 is 0.873 bits per heavy atom. The van der Waals surface area contributed by atoms with Crippen LogP contribution >= 0.6 is 23.5 Å². The second-order valence-corrected chi connectivity index (χ2v) is 15.6. The number of methoxy groups -OCH3 is 5. The van der Waals surface area contributed by atoms with Crippen LogP contribution in [0.25, 0.3) is 0 Å². The Bertz CT molecular complexity index is 1810. The number of rotatable bonds is 20. The number of amides is 1. The van der Waals surface area contributed by atoms with Gasteiger partial charge in [0.15, 0.2) is 40.6 Å². The number of nitrogens with zero attached hydrogens (tertiary/aromatic N) is 3. The summed E-state index contributed by atoms with van der Waals surface area (Å²) in [6, 6.07) is 11.9. The van der Waals surface area contributed by atoms with Crippen molar-refractivity contribution in [1.82, 2.24) is 4.90 Å². The summed E-state index contributed by atoms with van der Waals surface area (Å²) < 4.78 is 39.8. The molecule has 298 valence electrons. The maximum atomic E-state index is 13.9. The molecule has 0 spiro atoms. The Kier molecular flexibility index (Phi) is 14.9. The summed E-state index contributed by atoms with van der Waals surface area (Å²) in [5.41, 5.74) is 2.02. The Hall–Kier alpha value is -4.70. The molecule has 14 nitrogen and oxygen atoms in total. The molecule has 55 heavy (non-hydrogen) atoms. The fourth-order valence-electron chi connectivity index (χ4n) is 6.63. The van der Waals surface area contributed by atoms with Gasteiger partial charge in [0.05, 0.1) is 76.1 Å². The third kappa shape index (κ3) is 9.58. The molecular weight excluding hydrogens is 751 g/mol. The van der Waals surface area contributed by atoms with Crippen LogP contribution in [0.2, 0.25) is 0 Å². The maximum absolute atomic E-state index is 13.9. The van der Waals surface area contributed by atoms with Gasteiger partial charge in [-0.1, -0.05) is 25.1 Å². The predicted molar refractivity (Wildman–Crippen MR) is 213 cm³/mol. The van der Waals surface area contributed by atoms with Gasteiger partial charge >= 0.3 is 0 Å². The molecule has 2 aliphatic heterocycles. The first-order chi connectivity index (χ1) is 26.7. The van der Waals surface area contributed by atoms with Crippen molar-refractivity contribution in [3.63, 3.8) is 0 Å². The second kappa shape index (κ2) is 19.8. The van der Waals surface area contributed by atoms with Crippen LogP contribution in [0.4, 0.5) is 5.69 Å². The van der Waals surface area contributed by atoms with Crippen LogP contribution in [0.15, 0.2) is 47.6 Å². The average molecular weight is 800 g/mol. The van der Waals surface area contributed by atoms with Crippen LogP contribution in [0.3, 0.4) is 0 Å². The Labute approximate surface area is 330 Å². The number of carbonyl (C=O) groups is 1. The number of ether oxygens (including phenoxy) is 7. The van der Waals surface area contributed by atoms with Gasteiger partial charge in [0.2, 0.25) is 5.75 Å². The van der Waals surface area contributed by atoms with Crippen molar-refractivity contribution in [2.24, 2.45) is 5.16 Å². The van der Waals surface area contributed by atoms with Gasteiger partial charge in [0.1, 0.15) is 5.56 Å². The lowest BCUT2D eigenvalue weighted by molar-refractivity contribution is -0.385. The number of thioether (sulfide) groups is 2. The normalized spacial score (nSPS) is 16.4. The van der Waals surface area contributed by atoms with E-state index in [0.29, 0.717) is 48.1 Å². The minimum Gasteiger partial charge on any atom is -0.493 e. The molecule has 2 aliphatic rings. The predicted octanol–water partition coefficient (Wildman–Crippen LogP) is 7.79. The molecule has 2 heterocycles. The van der Waals surface area contributed by atoms with Crippen LogP contribution in [0, 0.1) is 10.1 Å². The second-order valence-electron chi connectivity index (χ2n) is 12.5. The van der Waals surface area contributed by atoms with E-state index in [1.807, 2.05) is 53.9 Å². The van der Waals surface area contributed by atoms with Crippen molar-refractivity contribution in [2.75, 3.05) is 66.8 Å². The van der Waals surface area contributed by atoms with Crippen molar-refractivity contribution in [3.8, 4) is 40.2 Å². The van der Waals surface area contributed by atoms with Crippen molar-refractivity contribution in [1.29, 1.82) is 0 Å². The molecule has 0 N–H and O–H groups in total. The first-order valence-corrected chi connectivity index (χ1v) is 20.2. The summed E-state index contributed by atoms with van der Waals surface area (Å²) in [7, 11) is 7.68. The van der Waals surface area contributed by atoms with Gasteiger partial charge in [0, 0.05) is 31.0 Å². The average Bonchev–Trinajstić information content (AvgIpc) is 3.91. The smallest absolute Gasteiger partial charge is 0.286 e. The van der Waals surface area contributed by atoms with Crippen molar-refractivity contribution < 1.29 is 47.7 Å². The highest BCUT2D eigenvalue weighted by Gasteiger charge is 2.38. The van der Waals surface area contributed by atoms with E-state index in [2.05, 4.69) is 19.0 Å². The van der Waals surface area contributed by atoms with E-state index >= 15 is 0 Å². The van der Waals surface area contributed by atoms with E-state index in [1.165, 1.54) is 19.2 Å². The Morgan fingerprint density at radius 2 is 1.51 bits per heavy atom. The summed E-state index contributed by atoms with van der Waals surface area (Å²) in [4.78, 5) is 33.2. The van der Waals surface area contributed by atoms with Gasteiger partial charge in [-0.2, -0.15) is 0 Å². The molecule has 1 amide bonds. The highest BCUT2D eigenvalue weighted by Crippen LogP contribution is 2.42. The zero-order valence-electron chi connectivity index (χ0n) is 32.3. The summed E-state index contributed by atoms with van der Waals surface area (Å²) in [5, 5.41) is 16.6. The van der Waals surface area contributed by atoms with E-state index in [0.717, 1.165) is 41.2 Å². The summed E-state index contributed by atoms with van der Waals surface area (Å²) in [5.74, 6) is 4.47. The maximum Gasteiger partial charge on any atom is 0.286 e. The van der Waals surface area contributed by atoms with Crippen molar-refractivity contribution in [2.45, 2.75) is 56.3 Å². The van der Waals surface area contributed by atoms with Crippen LogP contribution in [-0.2, 0) is 4.84 Å². The summed E-state index contributed by atoms with van der Waals surface area (Å²) in [6.07, 6.45) is 2.27. The molecular formula is C39H49N3O11S2. The number of benzene rings is 3. The lowest BCUT2D eigenvalue weighted by Crippen LogP contribution is -2.41. The van der Waals surface area contributed by atoms with Gasteiger partial charge in [-0.05, 0) is 54.2 Å². The topological polar surface area (TPSA) is 150 Å². The van der Waals surface area contributed by atoms with Gasteiger partial charge in [-0.3, -0.25) is 14.9 Å². The Morgan fingerprint density at radius 3 is 2.09 bits per heavy atom. The van der Waals surface area contributed by atoms with Crippen molar-refractivity contribution >= 4 is 40.8 Å². The lowest BCUT2D eigenvalue weighted by Gasteiger charge is -2.31. The minimum absolute atomic E-state index is 0.00617. The molecule has 5 rings (SSSR count). The molecule has 0 bridgehead atoms. The van der Waals surface area contributed by atoms with E-state index in [1.54, 1.807) is 33.3 Å². The Balaban J connectivity index is 1.22. The number of carbonyl (C=O) groups excluding carboxylic acids is 1. The molecule has 0 aromatic heterocycles. The van der Waals surface area contributed by atoms with Crippen molar-refractivity contribution in [3.05, 3.63) is 69.3 Å². The van der Waals surface area contributed by atoms with E-state index in [-0.39, 0.29) is 58.6 Å². The van der Waals surface area contributed by atoms with E-state index in [9.17, 15) is 14.9 Å². The zero-order chi connectivity index (χ0) is 39.5. The minimum atomic E-state index is -0.543. The largest absolute Gasteiger partial charge is 0.493 e. The SMILES string of the molecule is CCSC(SCC)[C@@H]1CCCN1C(=O)c1cc(OC)c(OCCCOc2cc(C3CC(c4cc(OC)c(OC)c(OC)c4)=NO3)ccc2OC)cc1[N+](=O)[O-]. The highest BCUT2D eigenvalue weighted by molar-refractivity contribution is 8.17. The first-order valence-electron chi connectivity index (χ1n) is 18.1. The number of nitro groups is 1. The highest BCUT2D eigenvalue weighted by atomic mass is 32.2. The van der Waals surface area contributed by atoms with E-state index < -0.39 is 4.92 Å². The molecule has 2 atom stereocenters. The van der Waals surface area contributed by atoms with Crippen LogP contribution < -0.4 is 33.2 Å². The number of hydrogen-bond donors (Lipinski definition) is 0. The fourth-order valence-corrected chi connectivity index (χ4v) is 9.50. The molecule has 3 aromatic carbocycles. The molecule has 0 saturated carbocycles. The van der Waals surface area contributed by atoms with E-state index in [4.69, 9.17) is 38.0 Å². The summed E-state index contributed by atoms with van der Waals surface area (Å²) in [6.45, 7) is 5.17. The number of likely N-dealkylation sites (tertiary alicyclic amines) is 1. The van der Waals surface area contributed by atoms with Gasteiger partial charge in [-0.15, -0.1) is 23.5 Å². The molecule has 3 aromatic rings. The van der Waals surface area contributed by atoms with Crippen LogP contribution in [-0.4, -0.2) is 98.9 Å². The van der Waals surface area contributed by atoms with Crippen LogP contribution in [0.5, 0.6) is 40.2 Å². The quantitative estimate of drug-likeness (QED) is 0.0474. The summed E-state index contributed by atoms with van der Waals surface area (Å²) >= 11 is 3.62. The molecule has 0 aliphatic carbocycles. The molecule has 16 heteroatoms. The zero-order valence-corrected chi connectivity index (χ0v) is 33.9. The van der Waals surface area contributed by atoms with Gasteiger partial charge in [0.25, 0.3) is 11.6 Å². The van der Waals surface area contributed by atoms with Gasteiger partial charge in [-0.25, -0.2) is 0 Å². The standard InChI is InChI=1S/C39H49N3O11S2/c1-8-54-39(55-9-2)28-12-10-15-41(28)38(43)26-21-32(47-4)34(23-29(26)42(44)45)52-17-11-16-51-33-18-24(13-14-30(33)46-3)31-22-27(40-53-31)25-19-35(48-5)37(50-7)36(20-25)49-6/h13-14,18-21,23,28,31,39H,8-12,15-17,22H2,1-7H3/t28-,31?/m0/s1. The number of nitro benzene ring substituents is 1. The first kappa shape index (κ1) is 41.5. The lowest BCUT2D eigenvalue weighted by atomic mass is 9.99. The number of oxime groups is 1. The monoisotopic (exact) mass is 799 g/mol. The molecule has 1 saturated heterocycles. The van der Waals surface area contributed by atoms with Gasteiger partial charge < -0.3 is 42.9 Å². The van der Waals surface area contributed by atoms with Crippen LogP contribution in [0.1, 0.15) is 67.1 Å². The molecule has 0 radical (unpaired) electrons. The third-order valence-electron chi connectivity index (χ3n) is 9.28.